The maximum Gasteiger partial charge on any atom is 0.227 e. The Balaban J connectivity index is 1.80. The molecule has 0 unspecified atom stereocenters. The lowest BCUT2D eigenvalue weighted by Crippen LogP contribution is -2.15. The molecule has 0 aromatic heterocycles. The van der Waals surface area contributed by atoms with Gasteiger partial charge in [-0.15, -0.1) is 0 Å². The van der Waals surface area contributed by atoms with E-state index in [9.17, 15) is 4.79 Å². The number of methoxy groups -OCH3 is 1. The molecule has 110 valence electrons. The van der Waals surface area contributed by atoms with E-state index >= 15 is 0 Å². The summed E-state index contributed by atoms with van der Waals surface area (Å²) in [5.74, 6) is 1.50. The van der Waals surface area contributed by atoms with Crippen LogP contribution in [0.4, 0.5) is 5.69 Å². The van der Waals surface area contributed by atoms with E-state index in [2.05, 4.69) is 5.32 Å². The summed E-state index contributed by atoms with van der Waals surface area (Å²) in [4.78, 5) is 11.8. The van der Waals surface area contributed by atoms with Crippen molar-refractivity contribution in [3.05, 3.63) is 54.1 Å². The van der Waals surface area contributed by atoms with Crippen LogP contribution in [-0.2, 0) is 4.79 Å². The van der Waals surface area contributed by atoms with E-state index in [1.54, 1.807) is 7.11 Å². The van der Waals surface area contributed by atoms with E-state index < -0.39 is 0 Å². The molecule has 4 nitrogen and oxygen atoms in total. The molecule has 2 aromatic rings. The van der Waals surface area contributed by atoms with E-state index in [0.29, 0.717) is 13.0 Å². The number of amides is 1. The highest BCUT2D eigenvalue weighted by Gasteiger charge is 2.05. The maximum atomic E-state index is 11.8. The number of nitrogens with one attached hydrogen (secondary N) is 1. The summed E-state index contributed by atoms with van der Waals surface area (Å²) in [6.07, 6.45) is 0.306. The molecule has 0 aliphatic carbocycles. The lowest BCUT2D eigenvalue weighted by molar-refractivity contribution is -0.116. The van der Waals surface area contributed by atoms with Gasteiger partial charge in [-0.1, -0.05) is 18.2 Å². The average molecular weight is 285 g/mol. The Hall–Kier alpha value is -2.49. The van der Waals surface area contributed by atoms with Crippen molar-refractivity contribution in [2.24, 2.45) is 0 Å². The van der Waals surface area contributed by atoms with Crippen molar-refractivity contribution >= 4 is 11.6 Å². The van der Waals surface area contributed by atoms with Crippen LogP contribution in [0, 0.1) is 6.92 Å². The van der Waals surface area contributed by atoms with Crippen molar-refractivity contribution in [2.45, 2.75) is 13.3 Å². The Bertz CT molecular complexity index is 596. The van der Waals surface area contributed by atoms with Gasteiger partial charge in [-0.2, -0.15) is 0 Å². The molecule has 4 heteroatoms. The number of benzene rings is 2. The predicted molar refractivity (Wildman–Crippen MR) is 82.9 cm³/mol. The molecule has 2 rings (SSSR count). The van der Waals surface area contributed by atoms with Crippen LogP contribution in [0.1, 0.15) is 12.0 Å². The van der Waals surface area contributed by atoms with Crippen molar-refractivity contribution in [3.8, 4) is 11.5 Å². The molecule has 21 heavy (non-hydrogen) atoms. The summed E-state index contributed by atoms with van der Waals surface area (Å²) < 4.78 is 10.7. The minimum Gasteiger partial charge on any atom is -0.496 e. The fourth-order valence-corrected chi connectivity index (χ4v) is 1.96. The highest BCUT2D eigenvalue weighted by molar-refractivity contribution is 5.90. The topological polar surface area (TPSA) is 47.6 Å². The van der Waals surface area contributed by atoms with E-state index in [1.807, 2.05) is 55.5 Å². The molecule has 0 fully saturated rings. The van der Waals surface area contributed by atoms with Crippen LogP contribution < -0.4 is 14.8 Å². The van der Waals surface area contributed by atoms with Crippen LogP contribution in [0.25, 0.3) is 0 Å². The highest BCUT2D eigenvalue weighted by atomic mass is 16.5. The van der Waals surface area contributed by atoms with Gasteiger partial charge in [0.1, 0.15) is 11.5 Å². The summed E-state index contributed by atoms with van der Waals surface area (Å²) in [6, 6.07) is 15.0. The van der Waals surface area contributed by atoms with Gasteiger partial charge in [0.15, 0.2) is 0 Å². The van der Waals surface area contributed by atoms with E-state index in [1.165, 1.54) is 0 Å². The summed E-state index contributed by atoms with van der Waals surface area (Å²) in [5, 5.41) is 2.85. The molecule has 0 aliphatic rings. The molecule has 0 aliphatic heterocycles. The molecule has 0 saturated carbocycles. The van der Waals surface area contributed by atoms with Crippen molar-refractivity contribution in [2.75, 3.05) is 19.0 Å². The first-order chi connectivity index (χ1) is 10.2. The quantitative estimate of drug-likeness (QED) is 0.884. The summed E-state index contributed by atoms with van der Waals surface area (Å²) in [7, 11) is 1.63. The summed E-state index contributed by atoms with van der Waals surface area (Å²) in [5.41, 5.74) is 1.74. The van der Waals surface area contributed by atoms with Gasteiger partial charge in [0, 0.05) is 5.69 Å². The van der Waals surface area contributed by atoms with Crippen LogP contribution in [0.3, 0.4) is 0 Å². The van der Waals surface area contributed by atoms with Crippen molar-refractivity contribution in [1.82, 2.24) is 0 Å². The Morgan fingerprint density at radius 1 is 1.14 bits per heavy atom. The van der Waals surface area contributed by atoms with Crippen molar-refractivity contribution in [3.63, 3.8) is 0 Å². The highest BCUT2D eigenvalue weighted by Crippen LogP contribution is 2.21. The fourth-order valence-electron chi connectivity index (χ4n) is 1.96. The zero-order valence-electron chi connectivity index (χ0n) is 12.3. The van der Waals surface area contributed by atoms with Gasteiger partial charge in [-0.05, 0) is 42.8 Å². The van der Waals surface area contributed by atoms with Crippen LogP contribution in [0.5, 0.6) is 11.5 Å². The first kappa shape index (κ1) is 14.9. The first-order valence-electron chi connectivity index (χ1n) is 6.81. The molecular weight excluding hydrogens is 266 g/mol. The Labute approximate surface area is 124 Å². The number of para-hydroxylation sites is 1. The number of aryl methyl sites for hydroxylation is 1. The molecule has 0 radical (unpaired) electrons. The molecule has 0 heterocycles. The monoisotopic (exact) mass is 285 g/mol. The van der Waals surface area contributed by atoms with Crippen molar-refractivity contribution < 1.29 is 14.3 Å². The molecule has 1 amide bonds. The third kappa shape index (κ3) is 4.53. The van der Waals surface area contributed by atoms with Crippen molar-refractivity contribution in [1.29, 1.82) is 0 Å². The Morgan fingerprint density at radius 2 is 1.90 bits per heavy atom. The molecule has 0 bridgehead atoms. The largest absolute Gasteiger partial charge is 0.496 e. The van der Waals surface area contributed by atoms with Gasteiger partial charge in [-0.25, -0.2) is 0 Å². The minimum absolute atomic E-state index is 0.0736. The lowest BCUT2D eigenvalue weighted by atomic mass is 10.2. The Morgan fingerprint density at radius 3 is 2.57 bits per heavy atom. The van der Waals surface area contributed by atoms with Crippen LogP contribution in [-0.4, -0.2) is 19.6 Å². The molecule has 0 spiro atoms. The zero-order valence-corrected chi connectivity index (χ0v) is 12.3. The second-order valence-electron chi connectivity index (χ2n) is 4.64. The first-order valence-corrected chi connectivity index (χ1v) is 6.81. The number of hydrogen-bond acceptors (Lipinski definition) is 3. The van der Waals surface area contributed by atoms with E-state index in [4.69, 9.17) is 9.47 Å². The maximum absolute atomic E-state index is 11.8. The Kier molecular flexibility index (Phi) is 5.21. The number of carbonyl (C=O) groups is 1. The summed E-state index contributed by atoms with van der Waals surface area (Å²) in [6.45, 7) is 2.29. The average Bonchev–Trinajstić information content (AvgIpc) is 2.48. The van der Waals surface area contributed by atoms with Crippen LogP contribution in [0.15, 0.2) is 48.5 Å². The van der Waals surface area contributed by atoms with Gasteiger partial charge < -0.3 is 14.8 Å². The smallest absolute Gasteiger partial charge is 0.227 e. The lowest BCUT2D eigenvalue weighted by Gasteiger charge is -2.09. The molecule has 2 aromatic carbocycles. The normalized spacial score (nSPS) is 10.0. The number of hydrogen-bond donors (Lipinski definition) is 1. The van der Waals surface area contributed by atoms with Gasteiger partial charge in [0.25, 0.3) is 0 Å². The fraction of sp³-hybridized carbons (Fsp3) is 0.235. The van der Waals surface area contributed by atoms with E-state index in [-0.39, 0.29) is 5.91 Å². The van der Waals surface area contributed by atoms with Crippen LogP contribution >= 0.6 is 0 Å². The number of anilines is 1. The second-order valence-corrected chi connectivity index (χ2v) is 4.64. The molecule has 0 saturated heterocycles. The predicted octanol–water partition coefficient (Wildman–Crippen LogP) is 3.41. The second kappa shape index (κ2) is 7.33. The zero-order chi connectivity index (χ0) is 15.1. The number of rotatable bonds is 6. The third-order valence-corrected chi connectivity index (χ3v) is 3.02. The standard InChI is InChI=1S/C17H19NO3/c1-13-12-14(8-9-16(13)20-2)18-17(19)10-11-21-15-6-4-3-5-7-15/h3-9,12H,10-11H2,1-2H3,(H,18,19). The van der Waals surface area contributed by atoms with Gasteiger partial charge in [0.05, 0.1) is 20.1 Å². The molecule has 0 atom stereocenters. The van der Waals surface area contributed by atoms with Gasteiger partial charge in [0.2, 0.25) is 5.91 Å². The minimum atomic E-state index is -0.0736. The SMILES string of the molecule is COc1ccc(NC(=O)CCOc2ccccc2)cc1C. The molecule has 1 N–H and O–H groups in total. The molecular formula is C17H19NO3. The third-order valence-electron chi connectivity index (χ3n) is 3.02. The van der Waals surface area contributed by atoms with Crippen LogP contribution in [0.2, 0.25) is 0 Å². The number of carbonyl (C=O) groups excluding carboxylic acids is 1. The van der Waals surface area contributed by atoms with E-state index in [0.717, 1.165) is 22.7 Å². The van der Waals surface area contributed by atoms with Gasteiger partial charge in [-0.3, -0.25) is 4.79 Å². The van der Waals surface area contributed by atoms with Gasteiger partial charge >= 0.3 is 0 Å². The number of ether oxygens (including phenoxy) is 2. The summed E-state index contributed by atoms with van der Waals surface area (Å²) >= 11 is 0.